The second kappa shape index (κ2) is 9.16. The molecule has 3 aromatic rings. The Hall–Kier alpha value is -3.41. The summed E-state index contributed by atoms with van der Waals surface area (Å²) >= 11 is 0. The number of primary amides is 1. The Balaban J connectivity index is 2.36. The molecule has 31 heavy (non-hydrogen) atoms. The number of pyridine rings is 1. The molecule has 0 aliphatic rings. The molecule has 6 heteroatoms. The number of hydrogen-bond donors (Lipinski definition) is 2. The molecule has 0 saturated carbocycles. The van der Waals surface area contributed by atoms with Crippen molar-refractivity contribution in [2.45, 2.75) is 40.0 Å². The van der Waals surface area contributed by atoms with E-state index in [1.165, 1.54) is 4.90 Å². The summed E-state index contributed by atoms with van der Waals surface area (Å²) in [5.41, 5.74) is 11.3. The van der Waals surface area contributed by atoms with Gasteiger partial charge in [-0.25, -0.2) is 4.79 Å². The summed E-state index contributed by atoms with van der Waals surface area (Å²) in [5, 5.41) is 10.7. The molecule has 0 aliphatic carbocycles. The third kappa shape index (κ3) is 5.02. The van der Waals surface area contributed by atoms with Gasteiger partial charge in [0.05, 0.1) is 16.9 Å². The van der Waals surface area contributed by atoms with Crippen molar-refractivity contribution >= 4 is 28.6 Å². The molecular weight excluding hydrogens is 390 g/mol. The number of aryl methyl sites for hydroxylation is 2. The van der Waals surface area contributed by atoms with E-state index in [1.54, 1.807) is 7.05 Å². The first-order valence-corrected chi connectivity index (χ1v) is 10.4. The zero-order valence-electron chi connectivity index (χ0n) is 18.5. The van der Waals surface area contributed by atoms with Crippen molar-refractivity contribution < 1.29 is 14.7 Å². The van der Waals surface area contributed by atoms with Gasteiger partial charge in [-0.15, -0.1) is 0 Å². The monoisotopic (exact) mass is 419 g/mol. The number of benzene rings is 2. The Morgan fingerprint density at radius 3 is 2.39 bits per heavy atom. The lowest BCUT2D eigenvalue weighted by molar-refractivity contribution is -0.117. The molecule has 0 spiro atoms. The van der Waals surface area contributed by atoms with Gasteiger partial charge in [0.15, 0.2) is 0 Å². The molecule has 6 nitrogen and oxygen atoms in total. The molecule has 0 unspecified atom stereocenters. The van der Waals surface area contributed by atoms with Crippen LogP contribution in [0.5, 0.6) is 0 Å². The number of carbonyl (C=O) groups is 2. The van der Waals surface area contributed by atoms with Crippen molar-refractivity contribution in [3.63, 3.8) is 0 Å². The van der Waals surface area contributed by atoms with Crippen molar-refractivity contribution in [2.24, 2.45) is 11.7 Å². The minimum atomic E-state index is -1.04. The van der Waals surface area contributed by atoms with Crippen LogP contribution in [0.1, 0.15) is 37.1 Å². The third-order valence-corrected chi connectivity index (χ3v) is 5.32. The highest BCUT2D eigenvalue weighted by molar-refractivity contribution is 6.05. The first-order valence-electron chi connectivity index (χ1n) is 10.4. The Bertz CT molecular complexity index is 1120. The molecule has 3 rings (SSSR count). The summed E-state index contributed by atoms with van der Waals surface area (Å²) in [7, 11) is 1.56. The van der Waals surface area contributed by atoms with Gasteiger partial charge >= 0.3 is 6.09 Å². The Morgan fingerprint density at radius 1 is 1.13 bits per heavy atom. The Labute approximate surface area is 182 Å². The molecule has 2 amide bonds. The highest BCUT2D eigenvalue weighted by atomic mass is 16.4. The Kier molecular flexibility index (Phi) is 6.59. The van der Waals surface area contributed by atoms with Gasteiger partial charge in [-0.3, -0.25) is 14.7 Å². The lowest BCUT2D eigenvalue weighted by Crippen LogP contribution is -2.26. The lowest BCUT2D eigenvalue weighted by atomic mass is 9.92. The van der Waals surface area contributed by atoms with Crippen LogP contribution in [0.4, 0.5) is 10.5 Å². The van der Waals surface area contributed by atoms with Crippen LogP contribution in [0.15, 0.2) is 42.5 Å². The number of fused-ring (bicyclic) bond motifs is 1. The van der Waals surface area contributed by atoms with E-state index < -0.39 is 6.09 Å². The fraction of sp³-hybridized carbons (Fsp3) is 0.320. The maximum absolute atomic E-state index is 12.0. The molecule has 0 aliphatic heterocycles. The van der Waals surface area contributed by atoms with Gasteiger partial charge in [-0.1, -0.05) is 49.7 Å². The van der Waals surface area contributed by atoms with E-state index in [1.807, 2.05) is 49.4 Å². The van der Waals surface area contributed by atoms with Gasteiger partial charge in [0.1, 0.15) is 0 Å². The summed E-state index contributed by atoms with van der Waals surface area (Å²) in [6, 6.07) is 14.0. The van der Waals surface area contributed by atoms with E-state index in [0.717, 1.165) is 38.9 Å². The molecule has 3 N–H and O–H groups in total. The zero-order valence-corrected chi connectivity index (χ0v) is 18.5. The molecule has 0 atom stereocenters. The quantitative estimate of drug-likeness (QED) is 0.567. The largest absolute Gasteiger partial charge is 0.465 e. The highest BCUT2D eigenvalue weighted by Gasteiger charge is 2.23. The Morgan fingerprint density at radius 2 is 1.81 bits per heavy atom. The molecule has 0 saturated heterocycles. The average molecular weight is 420 g/mol. The van der Waals surface area contributed by atoms with Crippen LogP contribution < -0.4 is 10.6 Å². The molecule has 1 heterocycles. The number of rotatable bonds is 7. The van der Waals surface area contributed by atoms with Gasteiger partial charge in [0, 0.05) is 24.4 Å². The molecule has 0 fully saturated rings. The van der Waals surface area contributed by atoms with E-state index in [4.69, 9.17) is 10.7 Å². The van der Waals surface area contributed by atoms with Crippen LogP contribution in [-0.4, -0.2) is 29.1 Å². The number of amides is 2. The number of carbonyl (C=O) groups excluding carboxylic acids is 1. The van der Waals surface area contributed by atoms with Gasteiger partial charge < -0.3 is 10.8 Å². The first kappa shape index (κ1) is 22.3. The lowest BCUT2D eigenvalue weighted by Gasteiger charge is -2.24. The van der Waals surface area contributed by atoms with Crippen LogP contribution in [-0.2, 0) is 17.6 Å². The number of anilines is 1. The number of aromatic nitrogens is 1. The summed E-state index contributed by atoms with van der Waals surface area (Å²) < 4.78 is 0. The summed E-state index contributed by atoms with van der Waals surface area (Å²) in [4.78, 5) is 29.4. The number of hydrogen-bond acceptors (Lipinski definition) is 3. The summed E-state index contributed by atoms with van der Waals surface area (Å²) in [6.45, 7) is 6.20. The number of nitrogens with zero attached hydrogens (tertiary/aromatic N) is 2. The number of carboxylic acid groups (broad SMARTS) is 1. The van der Waals surface area contributed by atoms with Crippen molar-refractivity contribution in [3.05, 3.63) is 59.3 Å². The van der Waals surface area contributed by atoms with Gasteiger partial charge in [-0.2, -0.15) is 0 Å². The van der Waals surface area contributed by atoms with E-state index in [2.05, 4.69) is 13.8 Å². The minimum absolute atomic E-state index is 0.256. The van der Waals surface area contributed by atoms with Gasteiger partial charge in [-0.05, 0) is 48.9 Å². The molecule has 1 aromatic heterocycles. The molecule has 0 bridgehead atoms. The van der Waals surface area contributed by atoms with E-state index >= 15 is 0 Å². The highest BCUT2D eigenvalue weighted by Crippen LogP contribution is 2.40. The summed E-state index contributed by atoms with van der Waals surface area (Å²) in [6.07, 6.45) is 0.401. The van der Waals surface area contributed by atoms with Gasteiger partial charge in [0.25, 0.3) is 0 Å². The second-order valence-electron chi connectivity index (χ2n) is 8.41. The van der Waals surface area contributed by atoms with Crippen LogP contribution in [0.3, 0.4) is 0 Å². The van der Waals surface area contributed by atoms with Crippen LogP contribution in [0.2, 0.25) is 0 Å². The molecular formula is C25H29N3O3. The maximum atomic E-state index is 12.0. The van der Waals surface area contributed by atoms with E-state index in [0.29, 0.717) is 24.4 Å². The normalized spacial score (nSPS) is 11.1. The minimum Gasteiger partial charge on any atom is -0.465 e. The SMILES string of the molecule is Cc1ccc(-c2c(N(C)C(=O)O)c(CC(C)C)nc3ccc(CCC(N)=O)cc23)cc1. The standard InChI is InChI=1S/C25H29N3O3/c1-15(2)13-21-24(28(4)25(30)31)23(18-9-5-16(3)6-10-18)19-14-17(8-12-22(26)29)7-11-20(19)27-21/h5-7,9-11,14-15H,8,12-13H2,1-4H3,(H2,26,29)(H,30,31). The zero-order chi connectivity index (χ0) is 22.7. The van der Waals surface area contributed by atoms with Crippen molar-refractivity contribution in [1.82, 2.24) is 4.98 Å². The second-order valence-corrected chi connectivity index (χ2v) is 8.41. The smallest absolute Gasteiger partial charge is 0.411 e. The average Bonchev–Trinajstić information content (AvgIpc) is 2.71. The van der Waals surface area contributed by atoms with E-state index in [9.17, 15) is 14.7 Å². The molecule has 2 aromatic carbocycles. The van der Waals surface area contributed by atoms with Crippen molar-refractivity contribution in [2.75, 3.05) is 11.9 Å². The maximum Gasteiger partial charge on any atom is 0.411 e. The van der Waals surface area contributed by atoms with Crippen molar-refractivity contribution in [1.29, 1.82) is 0 Å². The van der Waals surface area contributed by atoms with Crippen LogP contribution in [0.25, 0.3) is 22.0 Å². The fourth-order valence-corrected chi connectivity index (χ4v) is 3.77. The van der Waals surface area contributed by atoms with E-state index in [-0.39, 0.29) is 12.3 Å². The van der Waals surface area contributed by atoms with Gasteiger partial charge in [0.2, 0.25) is 5.91 Å². The molecule has 0 radical (unpaired) electrons. The molecule has 162 valence electrons. The van der Waals surface area contributed by atoms with Crippen molar-refractivity contribution in [3.8, 4) is 11.1 Å². The van der Waals surface area contributed by atoms with Crippen LogP contribution >= 0.6 is 0 Å². The third-order valence-electron chi connectivity index (χ3n) is 5.32. The number of nitrogens with two attached hydrogens (primary N) is 1. The summed E-state index contributed by atoms with van der Waals surface area (Å²) in [5.74, 6) is -0.0397. The fourth-order valence-electron chi connectivity index (χ4n) is 3.77. The van der Waals surface area contributed by atoms with Crippen LogP contribution in [0, 0.1) is 12.8 Å². The predicted octanol–water partition coefficient (Wildman–Crippen LogP) is 4.94. The predicted molar refractivity (Wildman–Crippen MR) is 124 cm³/mol. The topological polar surface area (TPSA) is 96.5 Å². The first-order chi connectivity index (χ1) is 14.7.